The van der Waals surface area contributed by atoms with Crippen LogP contribution < -0.4 is 14.2 Å². The van der Waals surface area contributed by atoms with Crippen LogP contribution in [0.25, 0.3) is 11.4 Å². The van der Waals surface area contributed by atoms with Crippen LogP contribution in [-0.4, -0.2) is 41.0 Å². The van der Waals surface area contributed by atoms with Crippen LogP contribution in [0, 0.1) is 10.1 Å². The molecule has 0 bridgehead atoms. The van der Waals surface area contributed by atoms with Crippen LogP contribution in [0.4, 0.5) is 5.69 Å². The number of non-ortho nitro benzene ring substituents is 1. The van der Waals surface area contributed by atoms with Gasteiger partial charge in [-0.2, -0.15) is 0 Å². The number of nitrogens with zero attached hydrogens (tertiary/aromatic N) is 4. The van der Waals surface area contributed by atoms with Crippen molar-refractivity contribution in [1.82, 2.24) is 14.8 Å². The van der Waals surface area contributed by atoms with Gasteiger partial charge in [-0.25, -0.2) is 0 Å². The lowest BCUT2D eigenvalue weighted by molar-refractivity contribution is -0.384. The lowest BCUT2D eigenvalue weighted by Gasteiger charge is -2.26. The molecule has 1 heterocycles. The maximum absolute atomic E-state index is 11.2. The van der Waals surface area contributed by atoms with Crippen molar-refractivity contribution < 1.29 is 19.1 Å². The Morgan fingerprint density at radius 1 is 1.03 bits per heavy atom. The summed E-state index contributed by atoms with van der Waals surface area (Å²) in [5.74, 6) is 2.37. The molecule has 1 unspecified atom stereocenters. The van der Waals surface area contributed by atoms with Crippen LogP contribution in [0.5, 0.6) is 17.2 Å². The Bertz CT molecular complexity index is 1170. The van der Waals surface area contributed by atoms with E-state index in [1.54, 1.807) is 45.2 Å². The summed E-state index contributed by atoms with van der Waals surface area (Å²) in [4.78, 5) is 10.9. The second kappa shape index (κ2) is 11.0. The number of rotatable bonds is 9. The first-order valence-corrected chi connectivity index (χ1v) is 12.5. The van der Waals surface area contributed by atoms with Crippen LogP contribution in [0.1, 0.15) is 55.9 Å². The summed E-state index contributed by atoms with van der Waals surface area (Å²) < 4.78 is 18.8. The Hall–Kier alpha value is -3.27. The molecule has 186 valence electrons. The molecule has 1 fully saturated rings. The first-order chi connectivity index (χ1) is 17.0. The molecule has 9 nitrogen and oxygen atoms in total. The summed E-state index contributed by atoms with van der Waals surface area (Å²) in [7, 11) is 4.76. The number of ether oxygens (including phenoxy) is 3. The van der Waals surface area contributed by atoms with E-state index in [0.29, 0.717) is 17.2 Å². The summed E-state index contributed by atoms with van der Waals surface area (Å²) >= 11 is 1.56. The molecule has 1 aliphatic rings. The predicted octanol–water partition coefficient (Wildman–Crippen LogP) is 6.24. The largest absolute Gasteiger partial charge is 0.493 e. The zero-order valence-electron chi connectivity index (χ0n) is 20.4. The van der Waals surface area contributed by atoms with Gasteiger partial charge in [0, 0.05) is 29.0 Å². The van der Waals surface area contributed by atoms with Crippen molar-refractivity contribution in [2.45, 2.75) is 55.5 Å². The summed E-state index contributed by atoms with van der Waals surface area (Å²) in [5.41, 5.74) is 1.78. The molecule has 0 radical (unpaired) electrons. The van der Waals surface area contributed by atoms with Crippen molar-refractivity contribution in [2.24, 2.45) is 0 Å². The van der Waals surface area contributed by atoms with Gasteiger partial charge in [-0.1, -0.05) is 43.2 Å². The predicted molar refractivity (Wildman–Crippen MR) is 135 cm³/mol. The minimum Gasteiger partial charge on any atom is -0.493 e. The molecule has 2 aromatic carbocycles. The monoisotopic (exact) mass is 498 g/mol. The molecular weight excluding hydrogens is 468 g/mol. The molecule has 0 amide bonds. The number of thioether (sulfide) groups is 1. The summed E-state index contributed by atoms with van der Waals surface area (Å²) in [6.07, 6.45) is 5.64. The normalized spacial score (nSPS) is 15.0. The van der Waals surface area contributed by atoms with E-state index in [1.165, 1.54) is 12.5 Å². The molecule has 10 heteroatoms. The van der Waals surface area contributed by atoms with Crippen LogP contribution in [-0.2, 0) is 0 Å². The number of nitro benzene ring substituents is 1. The maximum Gasteiger partial charge on any atom is 0.269 e. The molecule has 0 spiro atoms. The highest BCUT2D eigenvalue weighted by atomic mass is 32.2. The lowest BCUT2D eigenvalue weighted by atomic mass is 9.95. The highest BCUT2D eigenvalue weighted by molar-refractivity contribution is 7.99. The number of aromatic nitrogens is 3. The fourth-order valence-corrected chi connectivity index (χ4v) is 5.59. The Labute approximate surface area is 208 Å². The number of benzene rings is 2. The van der Waals surface area contributed by atoms with E-state index in [0.717, 1.165) is 47.8 Å². The Morgan fingerprint density at radius 2 is 1.71 bits per heavy atom. The van der Waals surface area contributed by atoms with E-state index in [-0.39, 0.29) is 21.9 Å². The van der Waals surface area contributed by atoms with Gasteiger partial charge in [-0.15, -0.1) is 10.2 Å². The van der Waals surface area contributed by atoms with Crippen molar-refractivity contribution >= 4 is 17.4 Å². The zero-order chi connectivity index (χ0) is 24.9. The highest BCUT2D eigenvalue weighted by Crippen LogP contribution is 2.44. The van der Waals surface area contributed by atoms with E-state index < -0.39 is 0 Å². The van der Waals surface area contributed by atoms with Crippen LogP contribution in [0.15, 0.2) is 41.6 Å². The second-order valence-electron chi connectivity index (χ2n) is 8.49. The topological polar surface area (TPSA) is 102 Å². The van der Waals surface area contributed by atoms with Gasteiger partial charge < -0.3 is 14.2 Å². The third kappa shape index (κ3) is 5.22. The van der Waals surface area contributed by atoms with Gasteiger partial charge in [-0.3, -0.25) is 14.7 Å². The van der Waals surface area contributed by atoms with Gasteiger partial charge in [-0.05, 0) is 37.5 Å². The van der Waals surface area contributed by atoms with Crippen molar-refractivity contribution in [1.29, 1.82) is 0 Å². The molecule has 1 aromatic heterocycles. The van der Waals surface area contributed by atoms with Crippen LogP contribution in [0.3, 0.4) is 0 Å². The van der Waals surface area contributed by atoms with Crippen LogP contribution in [0.2, 0.25) is 0 Å². The molecule has 4 rings (SSSR count). The van der Waals surface area contributed by atoms with Gasteiger partial charge in [0.2, 0.25) is 5.75 Å². The van der Waals surface area contributed by atoms with Crippen molar-refractivity contribution in [2.75, 3.05) is 21.3 Å². The van der Waals surface area contributed by atoms with Crippen molar-refractivity contribution in [3.8, 4) is 28.6 Å². The fourth-order valence-electron chi connectivity index (χ4n) is 4.55. The summed E-state index contributed by atoms with van der Waals surface area (Å²) in [6.45, 7) is 2.03. The van der Waals surface area contributed by atoms with E-state index in [4.69, 9.17) is 14.2 Å². The first-order valence-electron chi connectivity index (χ1n) is 11.6. The van der Waals surface area contributed by atoms with Gasteiger partial charge in [0.25, 0.3) is 5.69 Å². The molecule has 1 atom stereocenters. The fraction of sp³-hybridized carbons (Fsp3) is 0.440. The molecule has 1 saturated carbocycles. The third-order valence-corrected chi connectivity index (χ3v) is 7.47. The Balaban J connectivity index is 1.76. The average molecular weight is 499 g/mol. The zero-order valence-corrected chi connectivity index (χ0v) is 21.2. The number of methoxy groups -OCH3 is 3. The molecule has 0 saturated heterocycles. The Morgan fingerprint density at radius 3 is 2.31 bits per heavy atom. The molecular formula is C25H30N4O5S. The molecule has 0 N–H and O–H groups in total. The minimum atomic E-state index is -0.367. The Kier molecular flexibility index (Phi) is 7.80. The summed E-state index contributed by atoms with van der Waals surface area (Å²) in [5, 5.41) is 21.2. The van der Waals surface area contributed by atoms with Gasteiger partial charge in [0.1, 0.15) is 0 Å². The lowest BCUT2D eigenvalue weighted by Crippen LogP contribution is -2.15. The van der Waals surface area contributed by atoms with E-state index in [1.807, 2.05) is 25.1 Å². The standard InChI is InChI=1S/C25H30N4O5S/c1-16(17-9-8-12-20(13-17)29(30)31)35-25-27-26-24(28(25)19-10-6-5-7-11-19)18-14-21(32-2)23(34-4)22(15-18)33-3/h8-9,12-16,19H,5-7,10-11H2,1-4H3. The minimum absolute atomic E-state index is 0.0470. The van der Waals surface area contributed by atoms with Gasteiger partial charge in [0.05, 0.1) is 26.3 Å². The number of hydrogen-bond donors (Lipinski definition) is 0. The van der Waals surface area contributed by atoms with Crippen molar-refractivity contribution in [3.63, 3.8) is 0 Å². The quantitative estimate of drug-likeness (QED) is 0.194. The average Bonchev–Trinajstić information content (AvgIpc) is 3.31. The van der Waals surface area contributed by atoms with Crippen LogP contribution >= 0.6 is 11.8 Å². The first kappa shape index (κ1) is 24.8. The van der Waals surface area contributed by atoms with Crippen molar-refractivity contribution in [3.05, 3.63) is 52.1 Å². The van der Waals surface area contributed by atoms with Gasteiger partial charge >= 0.3 is 0 Å². The smallest absolute Gasteiger partial charge is 0.269 e. The highest BCUT2D eigenvalue weighted by Gasteiger charge is 2.27. The third-order valence-electron chi connectivity index (χ3n) is 6.36. The van der Waals surface area contributed by atoms with Gasteiger partial charge in [0.15, 0.2) is 22.5 Å². The van der Waals surface area contributed by atoms with E-state index >= 15 is 0 Å². The number of hydrogen-bond acceptors (Lipinski definition) is 8. The number of nitro groups is 1. The maximum atomic E-state index is 11.2. The molecule has 3 aromatic rings. The second-order valence-corrected chi connectivity index (χ2v) is 9.80. The molecule has 0 aliphatic heterocycles. The SMILES string of the molecule is COc1cc(-c2nnc(SC(C)c3cccc([N+](=O)[O-])c3)n2C2CCCCC2)cc(OC)c1OC. The van der Waals surface area contributed by atoms with E-state index in [9.17, 15) is 10.1 Å². The molecule has 1 aliphatic carbocycles. The molecule has 35 heavy (non-hydrogen) atoms. The van der Waals surface area contributed by atoms with E-state index in [2.05, 4.69) is 14.8 Å². The summed E-state index contributed by atoms with van der Waals surface area (Å²) in [6, 6.07) is 10.8.